The van der Waals surface area contributed by atoms with E-state index in [0.717, 1.165) is 11.1 Å². The average Bonchev–Trinajstić information content (AvgIpc) is 2.72. The van der Waals surface area contributed by atoms with Crippen molar-refractivity contribution in [2.24, 2.45) is 0 Å². The minimum atomic E-state index is -0.379. The molecule has 5 heteroatoms. The number of hydrogen-bond donors (Lipinski definition) is 2. The maximum Gasteiger partial charge on any atom is 0.255 e. The van der Waals surface area contributed by atoms with Crippen LogP contribution in [0.3, 0.4) is 0 Å². The lowest BCUT2D eigenvalue weighted by Crippen LogP contribution is -2.23. The highest BCUT2D eigenvalue weighted by atomic mass is 16.2. The smallest absolute Gasteiger partial charge is 0.255 e. The summed E-state index contributed by atoms with van der Waals surface area (Å²) in [5.41, 5.74) is 3.69. The lowest BCUT2D eigenvalue weighted by Gasteiger charge is -2.09. The number of hydrogen-bond acceptors (Lipinski definition) is 3. The van der Waals surface area contributed by atoms with E-state index >= 15 is 0 Å². The summed E-state index contributed by atoms with van der Waals surface area (Å²) < 4.78 is 0. The Labute approximate surface area is 163 Å². The Morgan fingerprint density at radius 2 is 1.61 bits per heavy atom. The topological polar surface area (TPSA) is 82.0 Å². The first-order valence-corrected chi connectivity index (χ1v) is 8.81. The molecule has 5 nitrogen and oxygen atoms in total. The first-order chi connectivity index (χ1) is 13.6. The number of nitrogens with zero attached hydrogens (tertiary/aromatic N) is 1. The highest BCUT2D eigenvalue weighted by Gasteiger charge is 2.12. The fourth-order valence-corrected chi connectivity index (χ4v) is 2.79. The number of para-hydroxylation sites is 1. The third kappa shape index (κ3) is 4.63. The fraction of sp³-hybridized carbons (Fsp3) is 0.0870. The number of carbonyl (C=O) groups is 2. The van der Waals surface area contributed by atoms with E-state index in [1.54, 1.807) is 42.5 Å². The molecule has 0 saturated carbocycles. The van der Waals surface area contributed by atoms with Crippen LogP contribution in [0.15, 0.2) is 72.8 Å². The molecule has 0 unspecified atom stereocenters. The molecule has 0 radical (unpaired) electrons. The van der Waals surface area contributed by atoms with Crippen molar-refractivity contribution in [1.82, 2.24) is 5.32 Å². The SMILES string of the molecule is Cc1cccc(CNC(=O)c2cccc(C(=O)Nc3ccccc3C#N)c2)c1. The van der Waals surface area contributed by atoms with E-state index in [-0.39, 0.29) is 11.8 Å². The Hall–Kier alpha value is -3.91. The third-order valence-electron chi connectivity index (χ3n) is 4.22. The molecule has 0 aliphatic rings. The normalized spacial score (nSPS) is 10.0. The molecular weight excluding hydrogens is 350 g/mol. The summed E-state index contributed by atoms with van der Waals surface area (Å²) in [6.07, 6.45) is 0. The van der Waals surface area contributed by atoms with Crippen molar-refractivity contribution in [2.75, 3.05) is 5.32 Å². The molecule has 0 heterocycles. The van der Waals surface area contributed by atoms with Gasteiger partial charge in [0.2, 0.25) is 0 Å². The first-order valence-electron chi connectivity index (χ1n) is 8.81. The maximum absolute atomic E-state index is 12.5. The van der Waals surface area contributed by atoms with Crippen LogP contribution in [0.25, 0.3) is 0 Å². The molecule has 0 atom stereocenters. The highest BCUT2D eigenvalue weighted by molar-refractivity contribution is 6.06. The van der Waals surface area contributed by atoms with Crippen LogP contribution < -0.4 is 10.6 Å². The molecule has 2 N–H and O–H groups in total. The van der Waals surface area contributed by atoms with Gasteiger partial charge in [-0.3, -0.25) is 9.59 Å². The standard InChI is InChI=1S/C23H19N3O2/c1-16-6-4-7-17(12-16)15-25-22(27)18-9-5-10-19(13-18)23(28)26-21-11-3-2-8-20(21)14-24/h2-13H,15H2,1H3,(H,25,27)(H,26,28). The number of carbonyl (C=O) groups excluding carboxylic acids is 2. The lowest BCUT2D eigenvalue weighted by atomic mass is 10.1. The molecule has 3 aromatic rings. The summed E-state index contributed by atoms with van der Waals surface area (Å²) in [4.78, 5) is 25.0. The minimum Gasteiger partial charge on any atom is -0.348 e. The summed E-state index contributed by atoms with van der Waals surface area (Å²) in [6.45, 7) is 2.41. The Morgan fingerprint density at radius 3 is 2.36 bits per heavy atom. The van der Waals surface area contributed by atoms with Crippen molar-refractivity contribution in [3.8, 4) is 6.07 Å². The Bertz CT molecular complexity index is 1070. The molecule has 0 saturated heterocycles. The van der Waals surface area contributed by atoms with E-state index in [4.69, 9.17) is 5.26 Å². The number of aryl methyl sites for hydroxylation is 1. The largest absolute Gasteiger partial charge is 0.348 e. The van der Waals surface area contributed by atoms with Gasteiger partial charge in [-0.15, -0.1) is 0 Å². The minimum absolute atomic E-state index is 0.256. The van der Waals surface area contributed by atoms with Crippen molar-refractivity contribution in [1.29, 1.82) is 5.26 Å². The van der Waals surface area contributed by atoms with Crippen LogP contribution in [-0.4, -0.2) is 11.8 Å². The van der Waals surface area contributed by atoms with Crippen LogP contribution in [0, 0.1) is 18.3 Å². The van der Waals surface area contributed by atoms with Gasteiger partial charge in [-0.25, -0.2) is 0 Å². The third-order valence-corrected chi connectivity index (χ3v) is 4.22. The first kappa shape index (κ1) is 18.9. The van der Waals surface area contributed by atoms with Crippen molar-refractivity contribution in [2.45, 2.75) is 13.5 Å². The van der Waals surface area contributed by atoms with Crippen molar-refractivity contribution < 1.29 is 9.59 Å². The molecule has 28 heavy (non-hydrogen) atoms. The second-order valence-electron chi connectivity index (χ2n) is 6.36. The number of amides is 2. The van der Waals surface area contributed by atoms with Crippen LogP contribution in [0.2, 0.25) is 0 Å². The molecule has 0 aromatic heterocycles. The van der Waals surface area contributed by atoms with Gasteiger partial charge in [0.05, 0.1) is 11.3 Å². The van der Waals surface area contributed by atoms with E-state index in [9.17, 15) is 9.59 Å². The molecule has 138 valence electrons. The zero-order valence-corrected chi connectivity index (χ0v) is 15.4. The zero-order chi connectivity index (χ0) is 19.9. The van der Waals surface area contributed by atoms with Gasteiger partial charge in [-0.05, 0) is 42.8 Å². The number of nitrogens with one attached hydrogen (secondary N) is 2. The second kappa shape index (κ2) is 8.65. The summed E-state index contributed by atoms with van der Waals surface area (Å²) in [5, 5.41) is 14.7. The number of rotatable bonds is 5. The van der Waals surface area contributed by atoms with E-state index in [1.807, 2.05) is 37.3 Å². The van der Waals surface area contributed by atoms with E-state index in [2.05, 4.69) is 10.6 Å². The molecule has 3 rings (SSSR count). The molecule has 0 fully saturated rings. The van der Waals surface area contributed by atoms with Crippen LogP contribution in [0.1, 0.15) is 37.4 Å². The summed E-state index contributed by atoms with van der Waals surface area (Å²) in [6, 6.07) is 23.2. The Kier molecular flexibility index (Phi) is 5.83. The summed E-state index contributed by atoms with van der Waals surface area (Å²) >= 11 is 0. The number of anilines is 1. The highest BCUT2D eigenvalue weighted by Crippen LogP contribution is 2.15. The van der Waals surface area contributed by atoms with E-state index < -0.39 is 0 Å². The van der Waals surface area contributed by atoms with Gasteiger partial charge in [-0.1, -0.05) is 48.0 Å². The molecule has 0 bridgehead atoms. The van der Waals surface area contributed by atoms with Gasteiger partial charge in [-0.2, -0.15) is 5.26 Å². The molecule has 0 spiro atoms. The molecule has 2 amide bonds. The molecular formula is C23H19N3O2. The van der Waals surface area contributed by atoms with Gasteiger partial charge in [0.25, 0.3) is 11.8 Å². The van der Waals surface area contributed by atoms with Gasteiger partial charge < -0.3 is 10.6 Å². The maximum atomic E-state index is 12.5. The number of nitriles is 1. The number of benzene rings is 3. The Morgan fingerprint density at radius 1 is 0.893 bits per heavy atom. The molecule has 3 aromatic carbocycles. The predicted octanol–water partition coefficient (Wildman–Crippen LogP) is 4.05. The molecule has 0 aliphatic heterocycles. The van der Waals surface area contributed by atoms with Crippen LogP contribution in [0.5, 0.6) is 0 Å². The van der Waals surface area contributed by atoms with Gasteiger partial charge in [0.15, 0.2) is 0 Å². The van der Waals surface area contributed by atoms with Gasteiger partial charge in [0, 0.05) is 17.7 Å². The van der Waals surface area contributed by atoms with Crippen molar-refractivity contribution in [3.05, 3.63) is 101 Å². The fourth-order valence-electron chi connectivity index (χ4n) is 2.79. The summed E-state index contributed by atoms with van der Waals surface area (Å²) in [5.74, 6) is -0.635. The van der Waals surface area contributed by atoms with E-state index in [0.29, 0.717) is 28.9 Å². The van der Waals surface area contributed by atoms with Crippen LogP contribution in [-0.2, 0) is 6.54 Å². The molecule has 0 aliphatic carbocycles. The monoisotopic (exact) mass is 369 g/mol. The predicted molar refractivity (Wildman–Crippen MR) is 108 cm³/mol. The van der Waals surface area contributed by atoms with Crippen LogP contribution >= 0.6 is 0 Å². The van der Waals surface area contributed by atoms with Crippen molar-refractivity contribution in [3.63, 3.8) is 0 Å². The van der Waals surface area contributed by atoms with Gasteiger partial charge >= 0.3 is 0 Å². The Balaban J connectivity index is 1.70. The van der Waals surface area contributed by atoms with E-state index in [1.165, 1.54) is 6.07 Å². The summed E-state index contributed by atoms with van der Waals surface area (Å²) in [7, 11) is 0. The lowest BCUT2D eigenvalue weighted by molar-refractivity contribution is 0.0951. The quantitative estimate of drug-likeness (QED) is 0.712. The second-order valence-corrected chi connectivity index (χ2v) is 6.36. The average molecular weight is 369 g/mol. The van der Waals surface area contributed by atoms with Crippen LogP contribution in [0.4, 0.5) is 5.69 Å². The van der Waals surface area contributed by atoms with Crippen molar-refractivity contribution >= 4 is 17.5 Å². The van der Waals surface area contributed by atoms with Gasteiger partial charge in [0.1, 0.15) is 6.07 Å². The zero-order valence-electron chi connectivity index (χ0n) is 15.4.